The Hall–Kier alpha value is -2.04. The Morgan fingerprint density at radius 3 is 2.52 bits per heavy atom. The van der Waals surface area contributed by atoms with Crippen LogP contribution in [0.5, 0.6) is 0 Å². The number of hydrogen-bond acceptors (Lipinski definition) is 3. The maximum atomic E-state index is 12.3. The highest BCUT2D eigenvalue weighted by Crippen LogP contribution is 2.33. The molecule has 2 aromatic carbocycles. The van der Waals surface area contributed by atoms with Gasteiger partial charge in [0.05, 0.1) is 4.91 Å². The molecule has 0 aromatic heterocycles. The van der Waals surface area contributed by atoms with Crippen molar-refractivity contribution in [2.24, 2.45) is 10.9 Å². The molecule has 3 nitrogen and oxygen atoms in total. The van der Waals surface area contributed by atoms with E-state index >= 15 is 0 Å². The Morgan fingerprint density at radius 1 is 1.07 bits per heavy atom. The minimum atomic E-state index is -0.165. The number of benzene rings is 2. The van der Waals surface area contributed by atoms with Gasteiger partial charge in [0.25, 0.3) is 5.91 Å². The molecule has 0 spiro atoms. The van der Waals surface area contributed by atoms with Gasteiger partial charge in [-0.3, -0.25) is 4.79 Å². The predicted molar refractivity (Wildman–Crippen MR) is 114 cm³/mol. The number of amidine groups is 1. The Bertz CT molecular complexity index is 886. The second-order valence-electron chi connectivity index (χ2n) is 6.95. The zero-order valence-corrected chi connectivity index (χ0v) is 16.5. The number of aliphatic imine (C=N–C) groups is 1. The first-order valence-corrected chi connectivity index (χ1v) is 10.4. The van der Waals surface area contributed by atoms with Crippen LogP contribution in [0.2, 0.25) is 5.02 Å². The lowest BCUT2D eigenvalue weighted by molar-refractivity contribution is -0.113. The minimum Gasteiger partial charge on any atom is -0.351 e. The Kier molecular flexibility index (Phi) is 5.65. The van der Waals surface area contributed by atoms with E-state index in [4.69, 9.17) is 11.6 Å². The number of piperidine rings is 1. The van der Waals surface area contributed by atoms with Crippen molar-refractivity contribution in [3.05, 3.63) is 75.7 Å². The molecule has 0 atom stereocenters. The third-order valence-corrected chi connectivity index (χ3v) is 6.44. The molecule has 2 aromatic rings. The van der Waals surface area contributed by atoms with E-state index in [1.807, 2.05) is 30.3 Å². The Morgan fingerprint density at radius 2 is 1.78 bits per heavy atom. The van der Waals surface area contributed by atoms with Crippen molar-refractivity contribution in [1.29, 1.82) is 0 Å². The molecule has 5 heteroatoms. The van der Waals surface area contributed by atoms with Gasteiger partial charge in [0, 0.05) is 18.1 Å². The monoisotopic (exact) mass is 396 g/mol. The minimum absolute atomic E-state index is 0.165. The highest BCUT2D eigenvalue weighted by Gasteiger charge is 2.29. The highest BCUT2D eigenvalue weighted by molar-refractivity contribution is 8.18. The van der Waals surface area contributed by atoms with Gasteiger partial charge in [0.15, 0.2) is 5.17 Å². The van der Waals surface area contributed by atoms with Crippen LogP contribution in [-0.2, 0) is 11.2 Å². The first kappa shape index (κ1) is 18.3. The van der Waals surface area contributed by atoms with Crippen LogP contribution in [-0.4, -0.2) is 29.1 Å². The second kappa shape index (κ2) is 8.32. The van der Waals surface area contributed by atoms with Crippen molar-refractivity contribution < 1.29 is 4.79 Å². The Labute approximate surface area is 169 Å². The van der Waals surface area contributed by atoms with Gasteiger partial charge in [0.2, 0.25) is 0 Å². The number of nitrogens with zero attached hydrogens (tertiary/aromatic N) is 2. The zero-order valence-electron chi connectivity index (χ0n) is 15.0. The summed E-state index contributed by atoms with van der Waals surface area (Å²) in [7, 11) is 0. The van der Waals surface area contributed by atoms with Gasteiger partial charge in [-0.05, 0) is 60.2 Å². The fourth-order valence-electron chi connectivity index (χ4n) is 3.54. The first-order chi connectivity index (χ1) is 13.2. The van der Waals surface area contributed by atoms with Crippen molar-refractivity contribution in [1.82, 2.24) is 4.90 Å². The molecule has 2 aliphatic rings. The van der Waals surface area contributed by atoms with Crippen molar-refractivity contribution in [2.45, 2.75) is 19.3 Å². The van der Waals surface area contributed by atoms with Crippen molar-refractivity contribution >= 4 is 40.5 Å². The van der Waals surface area contributed by atoms with Crippen LogP contribution in [0.25, 0.3) is 6.08 Å². The first-order valence-electron chi connectivity index (χ1n) is 9.25. The van der Waals surface area contributed by atoms with E-state index in [1.165, 1.54) is 17.3 Å². The van der Waals surface area contributed by atoms with Crippen molar-refractivity contribution in [2.75, 3.05) is 13.1 Å². The van der Waals surface area contributed by atoms with Gasteiger partial charge in [-0.15, -0.1) is 0 Å². The lowest BCUT2D eigenvalue weighted by Crippen LogP contribution is -2.37. The largest absolute Gasteiger partial charge is 0.351 e. The van der Waals surface area contributed by atoms with Crippen LogP contribution in [0.15, 0.2) is 64.5 Å². The third kappa shape index (κ3) is 4.45. The van der Waals surface area contributed by atoms with Crippen molar-refractivity contribution in [3.63, 3.8) is 0 Å². The summed E-state index contributed by atoms with van der Waals surface area (Å²) in [6.07, 6.45) is 5.23. The summed E-state index contributed by atoms with van der Waals surface area (Å²) in [5, 5.41) is 1.48. The SMILES string of the molecule is O=C1N=C(N2CCC(Cc3ccccc3)CC2)S/C1=C\c1ccccc1Cl. The number of rotatable bonds is 3. The van der Waals surface area contributed by atoms with E-state index in [2.05, 4.69) is 40.2 Å². The molecule has 1 amide bonds. The molecule has 27 heavy (non-hydrogen) atoms. The van der Waals surface area contributed by atoms with E-state index in [1.54, 1.807) is 0 Å². The molecular weight excluding hydrogens is 376 g/mol. The number of carbonyl (C=O) groups is 1. The summed E-state index contributed by atoms with van der Waals surface area (Å²) in [6.45, 7) is 1.91. The molecule has 0 N–H and O–H groups in total. The van der Waals surface area contributed by atoms with Gasteiger partial charge < -0.3 is 4.90 Å². The molecule has 0 bridgehead atoms. The van der Waals surface area contributed by atoms with Gasteiger partial charge in [-0.2, -0.15) is 4.99 Å². The molecule has 0 saturated carbocycles. The topological polar surface area (TPSA) is 32.7 Å². The molecule has 2 aliphatic heterocycles. The zero-order chi connectivity index (χ0) is 18.6. The lowest BCUT2D eigenvalue weighted by atomic mass is 9.90. The Balaban J connectivity index is 1.36. The van der Waals surface area contributed by atoms with Crippen molar-refractivity contribution in [3.8, 4) is 0 Å². The fourth-order valence-corrected chi connectivity index (χ4v) is 4.69. The molecule has 0 radical (unpaired) electrons. The number of likely N-dealkylation sites (tertiary alicyclic amines) is 1. The number of thioether (sulfide) groups is 1. The average Bonchev–Trinajstić information content (AvgIpc) is 3.05. The van der Waals surface area contributed by atoms with Crippen LogP contribution in [0, 0.1) is 5.92 Å². The third-order valence-electron chi connectivity index (χ3n) is 5.05. The summed E-state index contributed by atoms with van der Waals surface area (Å²) in [5.41, 5.74) is 2.26. The van der Waals surface area contributed by atoms with Gasteiger partial charge >= 0.3 is 0 Å². The molecule has 1 fully saturated rings. The van der Waals surface area contributed by atoms with Crippen LogP contribution in [0.1, 0.15) is 24.0 Å². The summed E-state index contributed by atoms with van der Waals surface area (Å²) < 4.78 is 0. The van der Waals surface area contributed by atoms with Gasteiger partial charge in [-0.1, -0.05) is 60.1 Å². The van der Waals surface area contributed by atoms with Crippen LogP contribution in [0.3, 0.4) is 0 Å². The molecule has 0 aliphatic carbocycles. The smallest absolute Gasteiger partial charge is 0.286 e. The molecule has 1 saturated heterocycles. The van der Waals surface area contributed by atoms with Gasteiger partial charge in [-0.25, -0.2) is 0 Å². The highest BCUT2D eigenvalue weighted by atomic mass is 35.5. The summed E-state index contributed by atoms with van der Waals surface area (Å²) in [6, 6.07) is 18.2. The number of halogens is 1. The number of amides is 1. The number of carbonyl (C=O) groups excluding carboxylic acids is 1. The van der Waals surface area contributed by atoms with E-state index in [0.717, 1.165) is 43.1 Å². The second-order valence-corrected chi connectivity index (χ2v) is 8.37. The predicted octanol–water partition coefficient (Wildman–Crippen LogP) is 5.27. The fraction of sp³-hybridized carbons (Fsp3) is 0.273. The quantitative estimate of drug-likeness (QED) is 0.663. The summed E-state index contributed by atoms with van der Waals surface area (Å²) in [4.78, 5) is 19.5. The molecule has 0 unspecified atom stereocenters. The average molecular weight is 397 g/mol. The lowest BCUT2D eigenvalue weighted by Gasteiger charge is -2.32. The molecule has 4 rings (SSSR count). The normalized spacial score (nSPS) is 19.6. The maximum Gasteiger partial charge on any atom is 0.286 e. The van der Waals surface area contributed by atoms with E-state index in [-0.39, 0.29) is 5.91 Å². The van der Waals surface area contributed by atoms with E-state index in [9.17, 15) is 4.79 Å². The van der Waals surface area contributed by atoms with Crippen LogP contribution in [0.4, 0.5) is 0 Å². The van der Waals surface area contributed by atoms with Crippen LogP contribution < -0.4 is 0 Å². The molecule has 138 valence electrons. The van der Waals surface area contributed by atoms with Gasteiger partial charge in [0.1, 0.15) is 0 Å². The summed E-state index contributed by atoms with van der Waals surface area (Å²) >= 11 is 7.67. The number of hydrogen-bond donors (Lipinski definition) is 0. The van der Waals surface area contributed by atoms with Crippen LogP contribution >= 0.6 is 23.4 Å². The molecule has 2 heterocycles. The standard InChI is InChI=1S/C22H21ClN2OS/c23-19-9-5-4-8-18(19)15-20-21(26)24-22(27-20)25-12-10-17(11-13-25)14-16-6-2-1-3-7-16/h1-9,15,17H,10-14H2/b20-15-. The molecular formula is C22H21ClN2OS. The van der Waals surface area contributed by atoms with E-state index in [0.29, 0.717) is 15.8 Å². The summed E-state index contributed by atoms with van der Waals surface area (Å²) in [5.74, 6) is 0.533. The maximum absolute atomic E-state index is 12.3. The van der Waals surface area contributed by atoms with E-state index < -0.39 is 0 Å².